The van der Waals surface area contributed by atoms with Crippen molar-refractivity contribution in [1.82, 2.24) is 15.2 Å². The fraction of sp³-hybridized carbons (Fsp3) is 0.333. The van der Waals surface area contributed by atoms with Gasteiger partial charge in [0.1, 0.15) is 12.6 Å². The highest BCUT2D eigenvalue weighted by molar-refractivity contribution is 6.08. The van der Waals surface area contributed by atoms with E-state index in [2.05, 4.69) is 10.3 Å². The van der Waals surface area contributed by atoms with Crippen LogP contribution in [0.4, 0.5) is 5.69 Å². The van der Waals surface area contributed by atoms with Crippen molar-refractivity contribution in [3.8, 4) is 0 Å². The van der Waals surface area contributed by atoms with Crippen LogP contribution in [0, 0.1) is 0 Å². The van der Waals surface area contributed by atoms with Gasteiger partial charge in [-0.2, -0.15) is 0 Å². The molecule has 7 heteroatoms. The van der Waals surface area contributed by atoms with Crippen LogP contribution in [0.1, 0.15) is 23.7 Å². The second-order valence-electron chi connectivity index (χ2n) is 4.23. The number of amides is 3. The fourth-order valence-corrected chi connectivity index (χ4v) is 2.02. The van der Waals surface area contributed by atoms with Crippen LogP contribution in [0.25, 0.3) is 0 Å². The Morgan fingerprint density at radius 2 is 2.32 bits per heavy atom. The molecule has 1 saturated heterocycles. The van der Waals surface area contributed by atoms with Crippen LogP contribution in [-0.2, 0) is 9.59 Å². The largest absolute Gasteiger partial charge is 0.398 e. The van der Waals surface area contributed by atoms with Crippen molar-refractivity contribution < 1.29 is 14.4 Å². The number of nitrogen functional groups attached to an aromatic ring is 1. The number of hydrogen-bond acceptors (Lipinski definition) is 5. The van der Waals surface area contributed by atoms with E-state index in [0.29, 0.717) is 6.42 Å². The predicted molar refractivity (Wildman–Crippen MR) is 66.9 cm³/mol. The molecule has 1 unspecified atom stereocenters. The average molecular weight is 262 g/mol. The zero-order valence-electron chi connectivity index (χ0n) is 10.4. The van der Waals surface area contributed by atoms with Crippen LogP contribution in [0.5, 0.6) is 0 Å². The normalized spacial score (nSPS) is 19.2. The monoisotopic (exact) mass is 262 g/mol. The summed E-state index contributed by atoms with van der Waals surface area (Å²) in [5, 5.41) is 2.21. The number of aromatic nitrogens is 1. The maximum Gasteiger partial charge on any atom is 0.258 e. The first-order valence-electron chi connectivity index (χ1n) is 5.88. The molecule has 0 spiro atoms. The second-order valence-corrected chi connectivity index (χ2v) is 4.23. The summed E-state index contributed by atoms with van der Waals surface area (Å²) in [5.74, 6) is -1.42. The standard InChI is InChI=1S/C12H14N4O3/c1-2-9-11(18)15-10(17)6-16(9)12(19)7-5-14-4-3-8(7)13/h3-5,9H,2,6H2,1H3,(H2,13,14)(H,15,17,18). The molecular weight excluding hydrogens is 248 g/mol. The van der Waals surface area contributed by atoms with Gasteiger partial charge in [-0.1, -0.05) is 6.92 Å². The highest BCUT2D eigenvalue weighted by atomic mass is 16.2. The fourth-order valence-electron chi connectivity index (χ4n) is 2.02. The molecular formula is C12H14N4O3. The Morgan fingerprint density at radius 3 is 2.95 bits per heavy atom. The second kappa shape index (κ2) is 5.05. The SMILES string of the molecule is CCC1C(=O)NC(=O)CN1C(=O)c1cnccc1N. The number of nitrogens with one attached hydrogen (secondary N) is 1. The van der Waals surface area contributed by atoms with E-state index in [-0.39, 0.29) is 17.8 Å². The molecule has 2 heterocycles. The number of anilines is 1. The molecule has 0 bridgehead atoms. The first kappa shape index (κ1) is 13.0. The average Bonchev–Trinajstić information content (AvgIpc) is 2.37. The number of carbonyl (C=O) groups is 3. The van der Waals surface area contributed by atoms with Gasteiger partial charge in [0, 0.05) is 18.1 Å². The van der Waals surface area contributed by atoms with Gasteiger partial charge >= 0.3 is 0 Å². The van der Waals surface area contributed by atoms with Gasteiger partial charge in [-0.05, 0) is 12.5 Å². The third-order valence-corrected chi connectivity index (χ3v) is 2.99. The molecule has 0 aromatic carbocycles. The minimum absolute atomic E-state index is 0.155. The molecule has 1 fully saturated rings. The minimum Gasteiger partial charge on any atom is -0.398 e. The van der Waals surface area contributed by atoms with E-state index >= 15 is 0 Å². The number of nitrogens with two attached hydrogens (primary N) is 1. The van der Waals surface area contributed by atoms with Gasteiger partial charge < -0.3 is 10.6 Å². The van der Waals surface area contributed by atoms with Crippen LogP contribution < -0.4 is 11.1 Å². The van der Waals surface area contributed by atoms with Crippen LogP contribution in [0.15, 0.2) is 18.5 Å². The van der Waals surface area contributed by atoms with Crippen LogP contribution in [0.2, 0.25) is 0 Å². The van der Waals surface area contributed by atoms with Crippen molar-refractivity contribution in [2.24, 2.45) is 0 Å². The molecule has 3 amide bonds. The summed E-state index contributed by atoms with van der Waals surface area (Å²) in [6, 6.07) is 0.838. The van der Waals surface area contributed by atoms with Gasteiger partial charge in [-0.15, -0.1) is 0 Å². The van der Waals surface area contributed by atoms with E-state index in [1.807, 2.05) is 0 Å². The molecule has 1 aromatic rings. The summed E-state index contributed by atoms with van der Waals surface area (Å²) in [6.07, 6.45) is 3.23. The molecule has 3 N–H and O–H groups in total. The summed E-state index contributed by atoms with van der Waals surface area (Å²) in [4.78, 5) is 40.5. The van der Waals surface area contributed by atoms with Crippen molar-refractivity contribution in [2.75, 3.05) is 12.3 Å². The summed E-state index contributed by atoms with van der Waals surface area (Å²) < 4.78 is 0. The Hall–Kier alpha value is -2.44. The molecule has 2 rings (SSSR count). The Balaban J connectivity index is 2.33. The Kier molecular flexibility index (Phi) is 3.46. The van der Waals surface area contributed by atoms with Gasteiger partial charge in [0.05, 0.1) is 5.56 Å². The summed E-state index contributed by atoms with van der Waals surface area (Å²) in [7, 11) is 0. The van der Waals surface area contributed by atoms with E-state index in [9.17, 15) is 14.4 Å². The minimum atomic E-state index is -0.662. The van der Waals surface area contributed by atoms with Gasteiger partial charge in [-0.25, -0.2) is 0 Å². The van der Waals surface area contributed by atoms with E-state index in [0.717, 1.165) is 0 Å². The Bertz CT molecular complexity index is 544. The topological polar surface area (TPSA) is 105 Å². The van der Waals surface area contributed by atoms with E-state index in [1.54, 1.807) is 6.92 Å². The first-order chi connectivity index (χ1) is 9.04. The lowest BCUT2D eigenvalue weighted by Gasteiger charge is -2.33. The maximum absolute atomic E-state index is 12.4. The molecule has 1 atom stereocenters. The molecule has 1 aliphatic rings. The van der Waals surface area contributed by atoms with Gasteiger partial charge in [-0.3, -0.25) is 24.7 Å². The zero-order valence-corrected chi connectivity index (χ0v) is 10.4. The number of piperazine rings is 1. The quantitative estimate of drug-likeness (QED) is 0.702. The molecule has 0 radical (unpaired) electrons. The Morgan fingerprint density at radius 1 is 1.58 bits per heavy atom. The molecule has 0 aliphatic carbocycles. The molecule has 7 nitrogen and oxygen atoms in total. The van der Waals surface area contributed by atoms with Crippen molar-refractivity contribution in [3.05, 3.63) is 24.0 Å². The number of pyridine rings is 1. The number of imide groups is 1. The van der Waals surface area contributed by atoms with Crippen LogP contribution in [0.3, 0.4) is 0 Å². The summed E-state index contributed by atoms with van der Waals surface area (Å²) >= 11 is 0. The van der Waals surface area contributed by atoms with Crippen LogP contribution >= 0.6 is 0 Å². The molecule has 1 aromatic heterocycles. The van der Waals surface area contributed by atoms with Crippen molar-refractivity contribution in [3.63, 3.8) is 0 Å². The highest BCUT2D eigenvalue weighted by Gasteiger charge is 2.36. The summed E-state index contributed by atoms with van der Waals surface area (Å²) in [5.41, 5.74) is 6.18. The number of hydrogen-bond donors (Lipinski definition) is 2. The molecule has 1 aliphatic heterocycles. The first-order valence-corrected chi connectivity index (χ1v) is 5.88. The third kappa shape index (κ3) is 2.40. The molecule has 0 saturated carbocycles. The lowest BCUT2D eigenvalue weighted by Crippen LogP contribution is -2.59. The highest BCUT2D eigenvalue weighted by Crippen LogP contribution is 2.17. The molecule has 19 heavy (non-hydrogen) atoms. The lowest BCUT2D eigenvalue weighted by atomic mass is 10.1. The number of rotatable bonds is 2. The zero-order chi connectivity index (χ0) is 14.0. The maximum atomic E-state index is 12.4. The molecule has 100 valence electrons. The smallest absolute Gasteiger partial charge is 0.258 e. The Labute approximate surface area is 109 Å². The van der Waals surface area contributed by atoms with E-state index < -0.39 is 23.8 Å². The number of carbonyl (C=O) groups excluding carboxylic acids is 3. The van der Waals surface area contributed by atoms with Gasteiger partial charge in [0.25, 0.3) is 5.91 Å². The van der Waals surface area contributed by atoms with E-state index in [1.165, 1.54) is 23.4 Å². The van der Waals surface area contributed by atoms with Gasteiger partial charge in [0.15, 0.2) is 0 Å². The predicted octanol–water partition coefficient (Wildman–Crippen LogP) is -0.459. The summed E-state index contributed by atoms with van der Waals surface area (Å²) in [6.45, 7) is 1.62. The third-order valence-electron chi connectivity index (χ3n) is 2.99. The van der Waals surface area contributed by atoms with Crippen molar-refractivity contribution >= 4 is 23.4 Å². The van der Waals surface area contributed by atoms with Crippen molar-refractivity contribution in [2.45, 2.75) is 19.4 Å². The lowest BCUT2D eigenvalue weighted by molar-refractivity contribution is -0.138. The van der Waals surface area contributed by atoms with E-state index in [4.69, 9.17) is 5.73 Å². The van der Waals surface area contributed by atoms with Crippen molar-refractivity contribution in [1.29, 1.82) is 0 Å². The number of nitrogens with zero attached hydrogens (tertiary/aromatic N) is 2. The van der Waals surface area contributed by atoms with Crippen LogP contribution in [-0.4, -0.2) is 40.2 Å². The van der Waals surface area contributed by atoms with Gasteiger partial charge in [0.2, 0.25) is 11.8 Å².